The van der Waals surface area contributed by atoms with Gasteiger partial charge in [-0.1, -0.05) is 13.8 Å². The van der Waals surface area contributed by atoms with Gasteiger partial charge in [-0.3, -0.25) is 4.79 Å². The second-order valence-electron chi connectivity index (χ2n) is 13.7. The second-order valence-corrected chi connectivity index (χ2v) is 13.7. The summed E-state index contributed by atoms with van der Waals surface area (Å²) in [6.07, 6.45) is 10.00. The molecule has 194 valence electrons. The predicted octanol–water partition coefficient (Wildman–Crippen LogP) is 5.57. The van der Waals surface area contributed by atoms with Crippen LogP contribution in [-0.2, 0) is 9.53 Å². The van der Waals surface area contributed by atoms with Crippen LogP contribution in [0.3, 0.4) is 0 Å². The van der Waals surface area contributed by atoms with E-state index in [9.17, 15) is 9.59 Å². The van der Waals surface area contributed by atoms with Crippen LogP contribution in [0.15, 0.2) is 12.1 Å². The maximum atomic E-state index is 15.5. The summed E-state index contributed by atoms with van der Waals surface area (Å²) < 4.78 is 27.0. The SMILES string of the molecule is COC(=O)[C@@H]1[C@@H]2[C@H](CN1C(=O)c1cc(C3CC3)c(OCC34CC5CC(CC(C5)C3)C4)cc1F)C2(C)C. The molecule has 6 heteroatoms. The Bertz CT molecular complexity index is 1090. The zero-order valence-corrected chi connectivity index (χ0v) is 21.7. The summed E-state index contributed by atoms with van der Waals surface area (Å²) in [5, 5.41) is 0. The van der Waals surface area contributed by atoms with E-state index in [2.05, 4.69) is 13.8 Å². The van der Waals surface area contributed by atoms with Crippen LogP contribution in [0.1, 0.15) is 87.1 Å². The number of rotatable bonds is 6. The molecule has 0 N–H and O–H groups in total. The lowest BCUT2D eigenvalue weighted by Crippen LogP contribution is -2.48. The molecule has 1 aromatic carbocycles. The highest BCUT2D eigenvalue weighted by Crippen LogP contribution is 2.65. The fourth-order valence-electron chi connectivity index (χ4n) is 9.31. The van der Waals surface area contributed by atoms with E-state index < -0.39 is 23.7 Å². The van der Waals surface area contributed by atoms with Gasteiger partial charge in [-0.2, -0.15) is 0 Å². The van der Waals surface area contributed by atoms with Gasteiger partial charge in [0.2, 0.25) is 0 Å². The normalized spacial score (nSPS) is 39.2. The van der Waals surface area contributed by atoms with Crippen molar-refractivity contribution in [2.45, 2.75) is 77.2 Å². The minimum Gasteiger partial charge on any atom is -0.493 e. The van der Waals surface area contributed by atoms with Gasteiger partial charge in [-0.15, -0.1) is 0 Å². The van der Waals surface area contributed by atoms with Crippen molar-refractivity contribution >= 4 is 11.9 Å². The van der Waals surface area contributed by atoms with Gasteiger partial charge in [0, 0.05) is 23.9 Å². The number of hydrogen-bond donors (Lipinski definition) is 0. The Kier molecular flexibility index (Phi) is 4.93. The molecule has 1 aliphatic heterocycles. The quantitative estimate of drug-likeness (QED) is 0.485. The lowest BCUT2D eigenvalue weighted by molar-refractivity contribution is -0.146. The van der Waals surface area contributed by atoms with E-state index in [4.69, 9.17) is 9.47 Å². The maximum Gasteiger partial charge on any atom is 0.328 e. The molecule has 36 heavy (non-hydrogen) atoms. The molecule has 6 saturated carbocycles. The number of hydrogen-bond acceptors (Lipinski definition) is 4. The first kappa shape index (κ1) is 23.0. The van der Waals surface area contributed by atoms with Crippen molar-refractivity contribution < 1.29 is 23.5 Å². The summed E-state index contributed by atoms with van der Waals surface area (Å²) in [6.45, 7) is 5.39. The molecule has 0 unspecified atom stereocenters. The number of carbonyl (C=O) groups is 2. The molecule has 0 spiro atoms. The van der Waals surface area contributed by atoms with Crippen LogP contribution in [0, 0.1) is 46.2 Å². The van der Waals surface area contributed by atoms with E-state index in [1.165, 1.54) is 51.7 Å². The third-order valence-electron chi connectivity index (χ3n) is 11.0. The number of fused-ring (bicyclic) bond motifs is 1. The van der Waals surface area contributed by atoms with Crippen molar-refractivity contribution in [3.63, 3.8) is 0 Å². The lowest BCUT2D eigenvalue weighted by atomic mass is 9.50. The first-order valence-corrected chi connectivity index (χ1v) is 14.0. The molecule has 4 bridgehead atoms. The Morgan fingerprint density at radius 1 is 1.06 bits per heavy atom. The average molecular weight is 496 g/mol. The second kappa shape index (κ2) is 7.70. The monoisotopic (exact) mass is 495 g/mol. The highest BCUT2D eigenvalue weighted by molar-refractivity contribution is 5.98. The largest absolute Gasteiger partial charge is 0.493 e. The van der Waals surface area contributed by atoms with Gasteiger partial charge in [-0.25, -0.2) is 9.18 Å². The topological polar surface area (TPSA) is 55.8 Å². The molecule has 1 saturated heterocycles. The Hall–Kier alpha value is -2.11. The number of methoxy groups -OCH3 is 1. The number of nitrogens with zero attached hydrogens (tertiary/aromatic N) is 1. The number of carbonyl (C=O) groups excluding carboxylic acids is 2. The number of likely N-dealkylation sites (tertiary alicyclic amines) is 1. The van der Waals surface area contributed by atoms with E-state index in [0.29, 0.717) is 24.8 Å². The fourth-order valence-corrected chi connectivity index (χ4v) is 9.31. The van der Waals surface area contributed by atoms with E-state index in [-0.39, 0.29) is 28.2 Å². The summed E-state index contributed by atoms with van der Waals surface area (Å²) in [4.78, 5) is 27.8. The van der Waals surface area contributed by atoms with Crippen molar-refractivity contribution in [2.75, 3.05) is 20.3 Å². The summed E-state index contributed by atoms with van der Waals surface area (Å²) >= 11 is 0. The Morgan fingerprint density at radius 3 is 2.28 bits per heavy atom. The third kappa shape index (κ3) is 3.45. The molecule has 0 radical (unpaired) electrons. The van der Waals surface area contributed by atoms with Crippen molar-refractivity contribution in [3.05, 3.63) is 29.1 Å². The maximum absolute atomic E-state index is 15.5. The number of amides is 1. The van der Waals surface area contributed by atoms with Gasteiger partial charge in [0.1, 0.15) is 17.6 Å². The zero-order chi connectivity index (χ0) is 25.0. The third-order valence-corrected chi connectivity index (χ3v) is 11.0. The molecule has 5 nitrogen and oxygen atoms in total. The number of piperidine rings is 1. The molecule has 8 rings (SSSR count). The first-order chi connectivity index (χ1) is 17.2. The molecule has 6 aliphatic carbocycles. The molecule has 1 aromatic rings. The van der Waals surface area contributed by atoms with Crippen LogP contribution in [0.2, 0.25) is 0 Å². The first-order valence-electron chi connectivity index (χ1n) is 14.0. The predicted molar refractivity (Wildman–Crippen MR) is 132 cm³/mol. The Morgan fingerprint density at radius 2 is 1.69 bits per heavy atom. The smallest absolute Gasteiger partial charge is 0.328 e. The van der Waals surface area contributed by atoms with Crippen LogP contribution in [0.4, 0.5) is 4.39 Å². The van der Waals surface area contributed by atoms with Gasteiger partial charge < -0.3 is 14.4 Å². The molecule has 3 atom stereocenters. The molecule has 7 fully saturated rings. The summed E-state index contributed by atoms with van der Waals surface area (Å²) in [5.41, 5.74) is 1.27. The summed E-state index contributed by atoms with van der Waals surface area (Å²) in [7, 11) is 1.36. The number of ether oxygens (including phenoxy) is 2. The molecule has 1 amide bonds. The van der Waals surface area contributed by atoms with Crippen LogP contribution >= 0.6 is 0 Å². The van der Waals surface area contributed by atoms with E-state index in [0.717, 1.165) is 36.2 Å². The van der Waals surface area contributed by atoms with Crippen molar-refractivity contribution in [1.29, 1.82) is 0 Å². The van der Waals surface area contributed by atoms with E-state index in [1.54, 1.807) is 11.0 Å². The molecular weight excluding hydrogens is 457 g/mol. The Balaban J connectivity index is 1.14. The van der Waals surface area contributed by atoms with Gasteiger partial charge in [0.05, 0.1) is 19.3 Å². The number of benzene rings is 1. The lowest BCUT2D eigenvalue weighted by Gasteiger charge is -2.56. The fraction of sp³-hybridized carbons (Fsp3) is 0.733. The van der Waals surface area contributed by atoms with Gasteiger partial charge in [0.25, 0.3) is 5.91 Å². The van der Waals surface area contributed by atoms with Crippen LogP contribution < -0.4 is 4.74 Å². The molecular formula is C30H38FNO4. The number of halogens is 1. The van der Waals surface area contributed by atoms with Crippen molar-refractivity contribution in [1.82, 2.24) is 4.90 Å². The number of esters is 1. The highest BCUT2D eigenvalue weighted by Gasteiger charge is 2.69. The highest BCUT2D eigenvalue weighted by atomic mass is 19.1. The zero-order valence-electron chi connectivity index (χ0n) is 21.7. The molecule has 1 heterocycles. The van der Waals surface area contributed by atoms with Crippen LogP contribution in [-0.4, -0.2) is 43.1 Å². The van der Waals surface area contributed by atoms with Crippen molar-refractivity contribution in [3.8, 4) is 5.75 Å². The van der Waals surface area contributed by atoms with Crippen molar-refractivity contribution in [2.24, 2.45) is 40.4 Å². The summed E-state index contributed by atoms with van der Waals surface area (Å²) in [6, 6.07) is 2.54. The Labute approximate surface area is 213 Å². The summed E-state index contributed by atoms with van der Waals surface area (Å²) in [5.74, 6) is 2.45. The van der Waals surface area contributed by atoms with Gasteiger partial charge >= 0.3 is 5.97 Å². The van der Waals surface area contributed by atoms with E-state index >= 15 is 4.39 Å². The van der Waals surface area contributed by atoms with Gasteiger partial charge in [-0.05, 0) is 98.0 Å². The van der Waals surface area contributed by atoms with E-state index in [1.807, 2.05) is 0 Å². The van der Waals surface area contributed by atoms with Crippen LogP contribution in [0.5, 0.6) is 5.75 Å². The average Bonchev–Trinajstić information content (AvgIpc) is 3.70. The molecule has 7 aliphatic rings. The standard InChI is InChI=1S/C30H38FNO4/c1-29(2)22-14-32(26(25(22)29)28(34)35-3)27(33)21-9-20(19-4-5-19)24(10-23(21)31)36-15-30-11-16-6-17(12-30)8-18(7-16)13-30/h9-10,16-19,22,25-26H,4-8,11-15H2,1-3H3/t16?,17?,18?,22-,25-,26-,30?/m0/s1. The van der Waals surface area contributed by atoms with Crippen LogP contribution in [0.25, 0.3) is 0 Å². The minimum atomic E-state index is -0.640. The van der Waals surface area contributed by atoms with Gasteiger partial charge in [0.15, 0.2) is 0 Å². The molecule has 0 aromatic heterocycles. The minimum absolute atomic E-state index is 0.00229.